The summed E-state index contributed by atoms with van der Waals surface area (Å²) in [5.41, 5.74) is 5.03. The number of fused-ring (bicyclic) bond motifs is 2. The van der Waals surface area contributed by atoms with Gasteiger partial charge in [-0.05, 0) is 30.7 Å². The second kappa shape index (κ2) is 6.23. The number of H-pyrrole nitrogens is 1. The van der Waals surface area contributed by atoms with Crippen molar-refractivity contribution in [3.05, 3.63) is 47.7 Å². The molecule has 1 saturated heterocycles. The fraction of sp³-hybridized carbons (Fsp3) is 0.522. The maximum absolute atomic E-state index is 11.8. The van der Waals surface area contributed by atoms with Gasteiger partial charge in [0.05, 0.1) is 0 Å². The number of carbonyl (C=O) groups is 1. The van der Waals surface area contributed by atoms with Crippen LogP contribution in [-0.4, -0.2) is 41.6 Å². The normalized spacial score (nSPS) is 28.0. The number of esters is 1. The number of aromatic amines is 1. The zero-order valence-corrected chi connectivity index (χ0v) is 17.0. The molecule has 4 nitrogen and oxygen atoms in total. The van der Waals surface area contributed by atoms with Crippen LogP contribution < -0.4 is 0 Å². The number of carbonyl (C=O) groups excluding carboxylic acids is 1. The number of allylic oxidation sites excluding steroid dienone is 1. The van der Waals surface area contributed by atoms with E-state index in [9.17, 15) is 4.79 Å². The standard InChI is InChI=1S/C23H30N2O2/c1-7-23(4,5)22-16-11-18-20(15-9-8-10-17(24-22)19(15)16)21(27-14(3)26)13(2)12-25(18)6/h7-10,13,18,20-21,24H,1,11-12H2,2-6H3/t13-,18+,20+,21-/m0/s1. The highest BCUT2D eigenvalue weighted by molar-refractivity contribution is 5.90. The van der Waals surface area contributed by atoms with E-state index in [0.29, 0.717) is 12.0 Å². The van der Waals surface area contributed by atoms with E-state index in [4.69, 9.17) is 4.74 Å². The van der Waals surface area contributed by atoms with Gasteiger partial charge in [-0.15, -0.1) is 6.58 Å². The summed E-state index contributed by atoms with van der Waals surface area (Å²) in [6.07, 6.45) is 2.91. The molecule has 1 aromatic carbocycles. The molecule has 2 aliphatic rings. The van der Waals surface area contributed by atoms with Crippen molar-refractivity contribution < 1.29 is 9.53 Å². The van der Waals surface area contributed by atoms with E-state index in [1.54, 1.807) is 0 Å². The van der Waals surface area contributed by atoms with Crippen LogP contribution in [0.3, 0.4) is 0 Å². The van der Waals surface area contributed by atoms with Gasteiger partial charge in [-0.3, -0.25) is 4.79 Å². The predicted octanol–water partition coefficient (Wildman–Crippen LogP) is 4.15. The van der Waals surface area contributed by atoms with Crippen molar-refractivity contribution in [2.24, 2.45) is 5.92 Å². The van der Waals surface area contributed by atoms with Crippen LogP contribution in [0.2, 0.25) is 0 Å². The van der Waals surface area contributed by atoms with Crippen molar-refractivity contribution in [2.45, 2.75) is 57.6 Å². The minimum Gasteiger partial charge on any atom is -0.462 e. The lowest BCUT2D eigenvalue weighted by atomic mass is 9.69. The number of aromatic nitrogens is 1. The van der Waals surface area contributed by atoms with Crippen molar-refractivity contribution in [3.63, 3.8) is 0 Å². The Hall–Kier alpha value is -2.07. The molecule has 4 rings (SSSR count). The van der Waals surface area contributed by atoms with Crippen LogP contribution in [0.25, 0.3) is 10.9 Å². The van der Waals surface area contributed by atoms with Crippen LogP contribution in [0.15, 0.2) is 30.9 Å². The summed E-state index contributed by atoms with van der Waals surface area (Å²) in [5, 5.41) is 1.32. The van der Waals surface area contributed by atoms with E-state index in [1.807, 2.05) is 6.08 Å². The van der Waals surface area contributed by atoms with Gasteiger partial charge in [-0.25, -0.2) is 0 Å². The average molecular weight is 367 g/mol. The summed E-state index contributed by atoms with van der Waals surface area (Å²) in [5.74, 6) is 0.324. The quantitative estimate of drug-likeness (QED) is 0.655. The lowest BCUT2D eigenvalue weighted by Gasteiger charge is -2.49. The molecule has 0 amide bonds. The zero-order valence-electron chi connectivity index (χ0n) is 17.0. The van der Waals surface area contributed by atoms with Gasteiger partial charge < -0.3 is 14.6 Å². The molecule has 0 saturated carbocycles. The first-order valence-electron chi connectivity index (χ1n) is 9.89. The van der Waals surface area contributed by atoms with E-state index in [-0.39, 0.29) is 23.4 Å². The van der Waals surface area contributed by atoms with Gasteiger partial charge in [-0.1, -0.05) is 39.0 Å². The first-order chi connectivity index (χ1) is 12.7. The molecule has 1 aromatic heterocycles. The van der Waals surface area contributed by atoms with Crippen molar-refractivity contribution in [2.75, 3.05) is 13.6 Å². The molecule has 4 atom stereocenters. The topological polar surface area (TPSA) is 45.3 Å². The van der Waals surface area contributed by atoms with Gasteiger partial charge in [0, 0.05) is 53.4 Å². The van der Waals surface area contributed by atoms with Gasteiger partial charge in [0.15, 0.2) is 0 Å². The number of likely N-dealkylation sites (N-methyl/N-ethyl adjacent to an activating group) is 1. The van der Waals surface area contributed by atoms with Gasteiger partial charge >= 0.3 is 5.97 Å². The fourth-order valence-corrected chi connectivity index (χ4v) is 5.28. The lowest BCUT2D eigenvalue weighted by Crippen LogP contribution is -2.55. The Morgan fingerprint density at radius 3 is 2.81 bits per heavy atom. The molecule has 144 valence electrons. The number of hydrogen-bond donors (Lipinski definition) is 1. The fourth-order valence-electron chi connectivity index (χ4n) is 5.28. The van der Waals surface area contributed by atoms with Crippen LogP contribution in [0.5, 0.6) is 0 Å². The molecular formula is C23H30N2O2. The highest BCUT2D eigenvalue weighted by atomic mass is 16.5. The Morgan fingerprint density at radius 1 is 1.41 bits per heavy atom. The van der Waals surface area contributed by atoms with Gasteiger partial charge in [-0.2, -0.15) is 0 Å². The Kier molecular flexibility index (Phi) is 4.22. The van der Waals surface area contributed by atoms with E-state index in [2.05, 4.69) is 62.5 Å². The molecule has 4 heteroatoms. The van der Waals surface area contributed by atoms with Crippen molar-refractivity contribution in [1.82, 2.24) is 9.88 Å². The second-order valence-electron chi connectivity index (χ2n) is 8.96. The number of nitrogens with one attached hydrogen (secondary N) is 1. The van der Waals surface area contributed by atoms with E-state index >= 15 is 0 Å². The highest BCUT2D eigenvalue weighted by Gasteiger charge is 2.47. The van der Waals surface area contributed by atoms with Crippen LogP contribution in [0.4, 0.5) is 0 Å². The Labute approximate surface area is 161 Å². The molecule has 0 unspecified atom stereocenters. The largest absolute Gasteiger partial charge is 0.462 e. The summed E-state index contributed by atoms with van der Waals surface area (Å²) in [7, 11) is 2.20. The van der Waals surface area contributed by atoms with Crippen molar-refractivity contribution in [1.29, 1.82) is 0 Å². The third kappa shape index (κ3) is 2.73. The van der Waals surface area contributed by atoms with Gasteiger partial charge in [0.1, 0.15) is 6.10 Å². The SMILES string of the molecule is C=CC(C)(C)c1[nH]c2cccc3c2c1C[C@@H]1[C@@H]3[C@@H](OC(C)=O)[C@@H](C)CN1C. The first-order valence-corrected chi connectivity index (χ1v) is 9.89. The minimum atomic E-state index is -0.185. The second-order valence-corrected chi connectivity index (χ2v) is 8.96. The Bertz CT molecular complexity index is 910. The minimum absolute atomic E-state index is 0.0757. The smallest absolute Gasteiger partial charge is 0.302 e. The molecule has 2 heterocycles. The third-order valence-corrected chi connectivity index (χ3v) is 6.66. The molecule has 0 bridgehead atoms. The van der Waals surface area contributed by atoms with E-state index in [1.165, 1.54) is 34.6 Å². The van der Waals surface area contributed by atoms with E-state index in [0.717, 1.165) is 13.0 Å². The summed E-state index contributed by atoms with van der Waals surface area (Å²) in [4.78, 5) is 18.0. The van der Waals surface area contributed by atoms with Crippen LogP contribution in [0.1, 0.15) is 50.4 Å². The maximum Gasteiger partial charge on any atom is 0.302 e. The van der Waals surface area contributed by atoms with Gasteiger partial charge in [0.2, 0.25) is 0 Å². The number of ether oxygens (including phenoxy) is 1. The molecule has 0 spiro atoms. The summed E-state index contributed by atoms with van der Waals surface area (Å²) in [6.45, 7) is 13.1. The molecule has 27 heavy (non-hydrogen) atoms. The Morgan fingerprint density at radius 2 is 2.15 bits per heavy atom. The number of piperidine rings is 1. The number of benzene rings is 1. The summed E-state index contributed by atoms with van der Waals surface area (Å²) >= 11 is 0. The molecule has 1 N–H and O–H groups in total. The molecule has 1 aliphatic carbocycles. The molecular weight excluding hydrogens is 336 g/mol. The van der Waals surface area contributed by atoms with Crippen molar-refractivity contribution >= 4 is 16.9 Å². The number of nitrogens with zero attached hydrogens (tertiary/aromatic N) is 1. The maximum atomic E-state index is 11.8. The number of rotatable bonds is 3. The summed E-state index contributed by atoms with van der Waals surface area (Å²) in [6, 6.07) is 6.83. The lowest BCUT2D eigenvalue weighted by molar-refractivity contribution is -0.155. The monoisotopic (exact) mass is 366 g/mol. The van der Waals surface area contributed by atoms with Crippen molar-refractivity contribution in [3.8, 4) is 0 Å². The van der Waals surface area contributed by atoms with Crippen LogP contribution in [0, 0.1) is 5.92 Å². The first kappa shape index (κ1) is 18.3. The third-order valence-electron chi connectivity index (χ3n) is 6.66. The van der Waals surface area contributed by atoms with E-state index < -0.39 is 0 Å². The molecule has 1 aliphatic heterocycles. The summed E-state index contributed by atoms with van der Waals surface area (Å²) < 4.78 is 5.87. The average Bonchev–Trinajstić information content (AvgIpc) is 2.99. The van der Waals surface area contributed by atoms with Gasteiger partial charge in [0.25, 0.3) is 0 Å². The van der Waals surface area contributed by atoms with Crippen LogP contribution >= 0.6 is 0 Å². The molecule has 1 fully saturated rings. The number of hydrogen-bond acceptors (Lipinski definition) is 3. The molecule has 0 radical (unpaired) electrons. The highest BCUT2D eigenvalue weighted by Crippen LogP contribution is 2.48. The van der Waals surface area contributed by atoms with Crippen LogP contribution in [-0.2, 0) is 21.4 Å². The number of likely N-dealkylation sites (tertiary alicyclic amines) is 1. The Balaban J connectivity index is 1.94. The predicted molar refractivity (Wildman–Crippen MR) is 109 cm³/mol. The molecule has 2 aromatic rings. The zero-order chi connectivity index (χ0) is 19.5.